The lowest BCUT2D eigenvalue weighted by molar-refractivity contribution is -0.146. The summed E-state index contributed by atoms with van der Waals surface area (Å²) in [4.78, 5) is 32.0. The highest BCUT2D eigenvalue weighted by Crippen LogP contribution is 2.45. The molecule has 0 radical (unpaired) electrons. The number of carbonyl (C=O) groups is 2. The number of pyridine rings is 1. The van der Waals surface area contributed by atoms with Crippen molar-refractivity contribution in [2.45, 2.75) is 13.2 Å². The molecule has 0 bridgehead atoms. The van der Waals surface area contributed by atoms with Crippen molar-refractivity contribution >= 4 is 51.7 Å². The molecule has 2 heterocycles. The van der Waals surface area contributed by atoms with E-state index in [1.165, 1.54) is 36.1 Å². The van der Waals surface area contributed by atoms with Crippen LogP contribution in [0.2, 0.25) is 10.0 Å². The van der Waals surface area contributed by atoms with Crippen molar-refractivity contribution in [2.24, 2.45) is 0 Å². The molecule has 33 heavy (non-hydrogen) atoms. The van der Waals surface area contributed by atoms with Crippen molar-refractivity contribution in [3.05, 3.63) is 93.7 Å². The van der Waals surface area contributed by atoms with Gasteiger partial charge in [0.25, 0.3) is 5.91 Å². The van der Waals surface area contributed by atoms with E-state index in [1.807, 2.05) is 0 Å². The van der Waals surface area contributed by atoms with Gasteiger partial charge in [0.1, 0.15) is 5.82 Å². The number of esters is 1. The molecule has 4 aromatic rings. The van der Waals surface area contributed by atoms with Gasteiger partial charge in [-0.1, -0.05) is 35.3 Å². The second kappa shape index (κ2) is 8.14. The summed E-state index contributed by atoms with van der Waals surface area (Å²) in [7, 11) is 0. The normalized spacial score (nSPS) is 15.1. The lowest BCUT2D eigenvalue weighted by atomic mass is 9.98. The van der Waals surface area contributed by atoms with E-state index >= 15 is 0 Å². The summed E-state index contributed by atoms with van der Waals surface area (Å²) >= 11 is 12.3. The highest BCUT2D eigenvalue weighted by atomic mass is 35.5. The Kier molecular flexibility index (Phi) is 5.27. The molecule has 1 aliphatic heterocycles. The first-order chi connectivity index (χ1) is 15.8. The minimum atomic E-state index is -1.10. The van der Waals surface area contributed by atoms with Gasteiger partial charge in [-0.15, -0.1) is 0 Å². The largest absolute Gasteiger partial charge is 0.437 e. The Bertz CT molecular complexity index is 1420. The smallest absolute Gasteiger partial charge is 0.304 e. The fourth-order valence-corrected chi connectivity index (χ4v) is 4.33. The summed E-state index contributed by atoms with van der Waals surface area (Å²) in [6.45, 7) is 1.26. The quantitative estimate of drug-likeness (QED) is 0.311. The Morgan fingerprint density at radius 2 is 1.67 bits per heavy atom. The number of hydrogen-bond acceptors (Lipinski definition) is 4. The van der Waals surface area contributed by atoms with Gasteiger partial charge in [-0.2, -0.15) is 0 Å². The first kappa shape index (κ1) is 21.4. The predicted molar refractivity (Wildman–Crippen MR) is 125 cm³/mol. The fraction of sp³-hybridized carbons (Fsp3) is 0.0800. The number of carbonyl (C=O) groups excluding carboxylic acids is 2. The molecule has 0 saturated carbocycles. The van der Waals surface area contributed by atoms with Crippen LogP contribution in [-0.4, -0.2) is 16.9 Å². The molecule has 1 aliphatic rings. The molecule has 1 atom stereocenters. The van der Waals surface area contributed by atoms with Crippen molar-refractivity contribution in [1.29, 1.82) is 0 Å². The Balaban J connectivity index is 1.84. The first-order valence-electron chi connectivity index (χ1n) is 9.99. The molecule has 0 spiro atoms. The molecule has 5 nitrogen and oxygen atoms in total. The minimum absolute atomic E-state index is 0.322. The van der Waals surface area contributed by atoms with Gasteiger partial charge in [0.05, 0.1) is 22.3 Å². The van der Waals surface area contributed by atoms with Crippen LogP contribution in [0.1, 0.15) is 29.1 Å². The van der Waals surface area contributed by atoms with E-state index < -0.39 is 23.9 Å². The minimum Gasteiger partial charge on any atom is -0.437 e. The van der Waals surface area contributed by atoms with Crippen LogP contribution in [0.3, 0.4) is 0 Å². The van der Waals surface area contributed by atoms with Crippen LogP contribution in [0.25, 0.3) is 22.2 Å². The average Bonchev–Trinajstić information content (AvgIpc) is 3.06. The van der Waals surface area contributed by atoms with E-state index in [1.54, 1.807) is 42.5 Å². The van der Waals surface area contributed by atoms with E-state index in [4.69, 9.17) is 32.9 Å². The monoisotopic (exact) mass is 480 g/mol. The Labute approximate surface area is 198 Å². The molecular formula is C25H15Cl2FN2O3. The maximum absolute atomic E-state index is 13.8. The Morgan fingerprint density at radius 3 is 2.33 bits per heavy atom. The molecule has 164 valence electrons. The van der Waals surface area contributed by atoms with E-state index in [2.05, 4.69) is 0 Å². The van der Waals surface area contributed by atoms with Gasteiger partial charge in [0.2, 0.25) is 6.23 Å². The van der Waals surface area contributed by atoms with Crippen LogP contribution in [0, 0.1) is 5.82 Å². The summed E-state index contributed by atoms with van der Waals surface area (Å²) in [6.07, 6.45) is -1.10. The number of halogens is 3. The van der Waals surface area contributed by atoms with Crippen LogP contribution in [-0.2, 0) is 9.53 Å². The topological polar surface area (TPSA) is 59.5 Å². The molecule has 5 rings (SSSR count). The molecule has 8 heteroatoms. The third-order valence-corrected chi connectivity index (χ3v) is 5.89. The van der Waals surface area contributed by atoms with Gasteiger partial charge in [-0.05, 0) is 54.6 Å². The van der Waals surface area contributed by atoms with Gasteiger partial charge < -0.3 is 4.74 Å². The predicted octanol–water partition coefficient (Wildman–Crippen LogP) is 6.57. The van der Waals surface area contributed by atoms with Crippen LogP contribution < -0.4 is 4.90 Å². The Morgan fingerprint density at radius 1 is 1.00 bits per heavy atom. The van der Waals surface area contributed by atoms with Crippen LogP contribution in [0.5, 0.6) is 0 Å². The molecule has 0 N–H and O–H groups in total. The third kappa shape index (κ3) is 3.71. The highest BCUT2D eigenvalue weighted by molar-refractivity contribution is 6.32. The third-order valence-electron chi connectivity index (χ3n) is 5.40. The number of benzene rings is 3. The standard InChI is InChI=1S/C25H15Cl2FN2O3/c1-13(31)33-25-22-21(24(32)30(25)18-9-7-17(28)8-10-18)19-12-16(27)6-11-20(19)29-23(22)14-2-4-15(26)5-3-14/h2-12,25H,1H3. The number of nitrogens with zero attached hydrogens (tertiary/aromatic N) is 2. The summed E-state index contributed by atoms with van der Waals surface area (Å²) in [6, 6.07) is 17.5. The number of aromatic nitrogens is 1. The zero-order valence-corrected chi connectivity index (χ0v) is 18.7. The molecule has 1 amide bonds. The molecule has 1 unspecified atom stereocenters. The number of rotatable bonds is 3. The number of hydrogen-bond donors (Lipinski definition) is 0. The second-order valence-electron chi connectivity index (χ2n) is 7.53. The van der Waals surface area contributed by atoms with E-state index in [0.717, 1.165) is 0 Å². The van der Waals surface area contributed by atoms with Gasteiger partial charge in [0, 0.05) is 33.6 Å². The Hall–Kier alpha value is -3.48. The van der Waals surface area contributed by atoms with Crippen molar-refractivity contribution < 1.29 is 18.7 Å². The second-order valence-corrected chi connectivity index (χ2v) is 8.40. The highest BCUT2D eigenvalue weighted by Gasteiger charge is 2.44. The zero-order chi connectivity index (χ0) is 23.3. The maximum atomic E-state index is 13.8. The zero-order valence-electron chi connectivity index (χ0n) is 17.2. The van der Waals surface area contributed by atoms with E-state index in [0.29, 0.717) is 49.0 Å². The lowest BCUT2D eigenvalue weighted by Crippen LogP contribution is -2.30. The van der Waals surface area contributed by atoms with Gasteiger partial charge in [0.15, 0.2) is 0 Å². The molecule has 0 aliphatic carbocycles. The number of fused-ring (bicyclic) bond motifs is 3. The number of amides is 1. The number of ether oxygens (including phenoxy) is 1. The molecule has 0 fully saturated rings. The van der Waals surface area contributed by atoms with Crippen molar-refractivity contribution in [1.82, 2.24) is 4.98 Å². The molecule has 1 aromatic heterocycles. The fourth-order valence-electron chi connectivity index (χ4n) is 4.03. The van der Waals surface area contributed by atoms with Crippen molar-refractivity contribution in [3.8, 4) is 11.3 Å². The maximum Gasteiger partial charge on any atom is 0.304 e. The number of anilines is 1. The first-order valence-corrected chi connectivity index (χ1v) is 10.7. The van der Waals surface area contributed by atoms with E-state index in [9.17, 15) is 14.0 Å². The summed E-state index contributed by atoms with van der Waals surface area (Å²) in [5.41, 5.74) is 2.85. The van der Waals surface area contributed by atoms with E-state index in [-0.39, 0.29) is 0 Å². The van der Waals surface area contributed by atoms with Gasteiger partial charge in [-0.25, -0.2) is 9.37 Å². The molecule has 3 aromatic carbocycles. The average molecular weight is 481 g/mol. The summed E-state index contributed by atoms with van der Waals surface area (Å²) in [5, 5.41) is 1.51. The van der Waals surface area contributed by atoms with Gasteiger partial charge in [-0.3, -0.25) is 14.5 Å². The van der Waals surface area contributed by atoms with Gasteiger partial charge >= 0.3 is 5.97 Å². The molecule has 0 saturated heterocycles. The lowest BCUT2D eigenvalue weighted by Gasteiger charge is -2.25. The molecular weight excluding hydrogens is 466 g/mol. The van der Waals surface area contributed by atoms with Crippen molar-refractivity contribution in [2.75, 3.05) is 4.90 Å². The van der Waals surface area contributed by atoms with Crippen molar-refractivity contribution in [3.63, 3.8) is 0 Å². The van der Waals surface area contributed by atoms with Crippen LogP contribution in [0.4, 0.5) is 10.1 Å². The van der Waals surface area contributed by atoms with Crippen LogP contribution >= 0.6 is 23.2 Å². The van der Waals surface area contributed by atoms with Crippen LogP contribution in [0.15, 0.2) is 66.7 Å². The summed E-state index contributed by atoms with van der Waals surface area (Å²) in [5.74, 6) is -1.44. The summed E-state index contributed by atoms with van der Waals surface area (Å²) < 4.78 is 19.2. The SMILES string of the molecule is CC(=O)OC1c2c(-c3ccc(Cl)cc3)nc3ccc(Cl)cc3c2C(=O)N1c1ccc(F)cc1.